The molecule has 152 valence electrons. The first-order chi connectivity index (χ1) is 13.6. The fourth-order valence-corrected chi connectivity index (χ4v) is 5.55. The van der Waals surface area contributed by atoms with Crippen LogP contribution < -0.4 is 0 Å². The summed E-state index contributed by atoms with van der Waals surface area (Å²) in [6.07, 6.45) is 6.07. The summed E-state index contributed by atoms with van der Waals surface area (Å²) < 4.78 is 5.48. The van der Waals surface area contributed by atoms with Gasteiger partial charge in [0.25, 0.3) is 5.91 Å². The van der Waals surface area contributed by atoms with Crippen LogP contribution in [0.5, 0.6) is 0 Å². The molecule has 1 aliphatic carbocycles. The molecule has 3 aliphatic rings. The van der Waals surface area contributed by atoms with Crippen molar-refractivity contribution >= 4 is 11.8 Å². The van der Waals surface area contributed by atoms with E-state index in [1.54, 1.807) is 0 Å². The molecule has 4 rings (SSSR count). The number of fused-ring (bicyclic) bond motifs is 1. The Labute approximate surface area is 168 Å². The molecule has 1 spiro atoms. The van der Waals surface area contributed by atoms with Gasteiger partial charge in [-0.25, -0.2) is 0 Å². The molecule has 2 aliphatic heterocycles. The lowest BCUT2D eigenvalue weighted by Gasteiger charge is -2.56. The Morgan fingerprint density at radius 1 is 1.18 bits per heavy atom. The summed E-state index contributed by atoms with van der Waals surface area (Å²) in [5.41, 5.74) is 1.25. The minimum absolute atomic E-state index is 0.109. The van der Waals surface area contributed by atoms with Crippen molar-refractivity contribution in [3.05, 3.63) is 35.4 Å². The van der Waals surface area contributed by atoms with Crippen molar-refractivity contribution in [2.75, 3.05) is 26.3 Å². The molecule has 5 heteroatoms. The lowest BCUT2D eigenvalue weighted by atomic mass is 9.64. The van der Waals surface area contributed by atoms with Crippen LogP contribution in [-0.2, 0) is 9.53 Å². The Morgan fingerprint density at radius 3 is 2.54 bits per heavy atom. The zero-order valence-electron chi connectivity index (χ0n) is 17.2. The second-order valence-electron chi connectivity index (χ2n) is 8.55. The summed E-state index contributed by atoms with van der Waals surface area (Å²) in [5.74, 6) is 0.0186. The van der Waals surface area contributed by atoms with E-state index in [9.17, 15) is 9.59 Å². The van der Waals surface area contributed by atoms with E-state index in [1.807, 2.05) is 29.2 Å². The van der Waals surface area contributed by atoms with E-state index in [4.69, 9.17) is 4.74 Å². The molecule has 0 unspecified atom stereocenters. The van der Waals surface area contributed by atoms with Crippen molar-refractivity contribution in [2.24, 2.45) is 0 Å². The van der Waals surface area contributed by atoms with Gasteiger partial charge in [-0.15, -0.1) is 0 Å². The minimum atomic E-state index is -0.394. The fraction of sp³-hybridized carbons (Fsp3) is 0.652. The lowest BCUT2D eigenvalue weighted by Crippen LogP contribution is -2.65. The predicted molar refractivity (Wildman–Crippen MR) is 108 cm³/mol. The first-order valence-electron chi connectivity index (χ1n) is 10.9. The smallest absolute Gasteiger partial charge is 0.254 e. The van der Waals surface area contributed by atoms with Crippen LogP contribution >= 0.6 is 0 Å². The van der Waals surface area contributed by atoms with E-state index in [-0.39, 0.29) is 23.8 Å². The van der Waals surface area contributed by atoms with E-state index in [1.165, 1.54) is 6.42 Å². The zero-order chi connectivity index (χ0) is 19.7. The Kier molecular flexibility index (Phi) is 5.46. The summed E-state index contributed by atoms with van der Waals surface area (Å²) in [5, 5.41) is 0. The van der Waals surface area contributed by atoms with Gasteiger partial charge in [-0.3, -0.25) is 9.59 Å². The molecule has 2 heterocycles. The fourth-order valence-electron chi connectivity index (χ4n) is 5.55. The molecule has 0 bridgehead atoms. The summed E-state index contributed by atoms with van der Waals surface area (Å²) >= 11 is 0. The highest BCUT2D eigenvalue weighted by molar-refractivity contribution is 6.02. The zero-order valence-corrected chi connectivity index (χ0v) is 17.2. The van der Waals surface area contributed by atoms with Crippen LogP contribution in [0.3, 0.4) is 0 Å². The Bertz CT molecular complexity index is 735. The molecule has 0 radical (unpaired) electrons. The van der Waals surface area contributed by atoms with E-state index >= 15 is 0 Å². The van der Waals surface area contributed by atoms with Gasteiger partial charge in [0.2, 0.25) is 5.91 Å². The van der Waals surface area contributed by atoms with E-state index in [2.05, 4.69) is 18.7 Å². The maximum atomic E-state index is 13.9. The third-order valence-electron chi connectivity index (χ3n) is 7.06. The van der Waals surface area contributed by atoms with Gasteiger partial charge in [0.15, 0.2) is 0 Å². The van der Waals surface area contributed by atoms with Crippen LogP contribution in [0, 0.1) is 0 Å². The molecule has 1 saturated carbocycles. The first kappa shape index (κ1) is 19.4. The highest BCUT2D eigenvalue weighted by Gasteiger charge is 2.56. The summed E-state index contributed by atoms with van der Waals surface area (Å²) in [4.78, 5) is 31.6. The van der Waals surface area contributed by atoms with Crippen molar-refractivity contribution in [2.45, 2.75) is 69.9 Å². The van der Waals surface area contributed by atoms with E-state index in [0.29, 0.717) is 31.9 Å². The molecule has 0 N–H and O–H groups in total. The monoisotopic (exact) mass is 384 g/mol. The van der Waals surface area contributed by atoms with Crippen LogP contribution in [-0.4, -0.2) is 59.5 Å². The van der Waals surface area contributed by atoms with Crippen molar-refractivity contribution in [1.29, 1.82) is 0 Å². The van der Waals surface area contributed by atoms with Crippen molar-refractivity contribution < 1.29 is 14.3 Å². The third kappa shape index (κ3) is 3.04. The highest BCUT2D eigenvalue weighted by Crippen LogP contribution is 2.50. The normalized spacial score (nSPS) is 25.5. The number of hydrogen-bond acceptors (Lipinski definition) is 3. The molecular formula is C23H32N2O3. The molecule has 28 heavy (non-hydrogen) atoms. The summed E-state index contributed by atoms with van der Waals surface area (Å²) in [7, 11) is 0. The number of rotatable bonds is 3. The SMILES string of the molecule is CC[C@H](C)N1C(=O)c2ccccc2[C@H](C(=O)N2CCOCC2)C12CCCCC2. The van der Waals surface area contributed by atoms with Gasteiger partial charge in [-0.05, 0) is 37.8 Å². The number of amides is 2. The standard InChI is InChI=1S/C23H32N2O3/c1-3-17(2)25-21(26)19-10-6-5-9-18(19)20(23(25)11-7-4-8-12-23)22(27)24-13-15-28-16-14-24/h5-6,9-10,17,20H,3-4,7-8,11-16H2,1-2H3/t17-,20+/m0/s1. The van der Waals surface area contributed by atoms with Gasteiger partial charge in [0, 0.05) is 24.7 Å². The van der Waals surface area contributed by atoms with Gasteiger partial charge < -0.3 is 14.5 Å². The number of hydrogen-bond donors (Lipinski definition) is 0. The topological polar surface area (TPSA) is 49.9 Å². The molecule has 2 amide bonds. The van der Waals surface area contributed by atoms with Crippen LogP contribution in [0.2, 0.25) is 0 Å². The van der Waals surface area contributed by atoms with Crippen molar-refractivity contribution in [3.8, 4) is 0 Å². The van der Waals surface area contributed by atoms with Gasteiger partial charge in [-0.1, -0.05) is 44.4 Å². The van der Waals surface area contributed by atoms with Crippen LogP contribution in [0.4, 0.5) is 0 Å². The predicted octanol–water partition coefficient (Wildman–Crippen LogP) is 3.59. The molecule has 1 saturated heterocycles. The highest BCUT2D eigenvalue weighted by atomic mass is 16.5. The maximum absolute atomic E-state index is 13.9. The molecule has 2 atom stereocenters. The minimum Gasteiger partial charge on any atom is -0.378 e. The van der Waals surface area contributed by atoms with E-state index < -0.39 is 5.54 Å². The van der Waals surface area contributed by atoms with Crippen LogP contribution in [0.1, 0.15) is 74.2 Å². The molecule has 0 aromatic heterocycles. The number of morpholine rings is 1. The maximum Gasteiger partial charge on any atom is 0.254 e. The molecule has 1 aromatic carbocycles. The third-order valence-corrected chi connectivity index (χ3v) is 7.06. The Balaban J connectivity index is 1.86. The van der Waals surface area contributed by atoms with Crippen molar-refractivity contribution in [1.82, 2.24) is 9.80 Å². The van der Waals surface area contributed by atoms with Crippen molar-refractivity contribution in [3.63, 3.8) is 0 Å². The molecule has 5 nitrogen and oxygen atoms in total. The van der Waals surface area contributed by atoms with Gasteiger partial charge in [0.1, 0.15) is 0 Å². The average Bonchev–Trinajstić information content (AvgIpc) is 2.75. The summed E-state index contributed by atoms with van der Waals surface area (Å²) in [6, 6.07) is 7.93. The quantitative estimate of drug-likeness (QED) is 0.800. The number of carbonyl (C=O) groups excluding carboxylic acids is 2. The lowest BCUT2D eigenvalue weighted by molar-refractivity contribution is -0.142. The second-order valence-corrected chi connectivity index (χ2v) is 8.55. The first-order valence-corrected chi connectivity index (χ1v) is 10.9. The van der Waals surface area contributed by atoms with Gasteiger partial charge >= 0.3 is 0 Å². The van der Waals surface area contributed by atoms with Crippen LogP contribution in [0.15, 0.2) is 24.3 Å². The molecular weight excluding hydrogens is 352 g/mol. The Morgan fingerprint density at radius 2 is 1.86 bits per heavy atom. The van der Waals surface area contributed by atoms with E-state index in [0.717, 1.165) is 37.7 Å². The van der Waals surface area contributed by atoms with Crippen LogP contribution in [0.25, 0.3) is 0 Å². The number of ether oxygens (including phenoxy) is 1. The molecule has 2 fully saturated rings. The van der Waals surface area contributed by atoms with Gasteiger partial charge in [-0.2, -0.15) is 0 Å². The number of nitrogens with zero attached hydrogens (tertiary/aromatic N) is 2. The molecule has 1 aromatic rings. The largest absolute Gasteiger partial charge is 0.378 e. The number of benzene rings is 1. The van der Waals surface area contributed by atoms with Gasteiger partial charge in [0.05, 0.1) is 24.7 Å². The second kappa shape index (κ2) is 7.86. The number of carbonyl (C=O) groups is 2. The summed E-state index contributed by atoms with van der Waals surface area (Å²) in [6.45, 7) is 6.75. The average molecular weight is 385 g/mol. The Hall–Kier alpha value is -1.88.